The number of aliphatic hydroxyl groups is 1. The molecule has 0 amide bonds. The Kier molecular flexibility index (Phi) is 1.82. The molecule has 0 aliphatic carbocycles. The molecule has 8 nitrogen and oxygen atoms in total. The molecule has 0 unspecified atom stereocenters. The van der Waals surface area contributed by atoms with E-state index in [-0.39, 0.29) is 17.1 Å². The van der Waals surface area contributed by atoms with Gasteiger partial charge < -0.3 is 15.7 Å². The summed E-state index contributed by atoms with van der Waals surface area (Å²) >= 11 is 0. The molecular formula is C6H7N5O3. The fourth-order valence-electron chi connectivity index (χ4n) is 1.06. The van der Waals surface area contributed by atoms with Gasteiger partial charge in [-0.2, -0.15) is 4.98 Å². The lowest BCUT2D eigenvalue weighted by Gasteiger charge is -2.01. The lowest BCUT2D eigenvalue weighted by atomic mass is 10.5. The van der Waals surface area contributed by atoms with E-state index in [9.17, 15) is 4.79 Å². The fourth-order valence-corrected chi connectivity index (χ4v) is 1.06. The van der Waals surface area contributed by atoms with Crippen molar-refractivity contribution in [1.29, 1.82) is 0 Å². The van der Waals surface area contributed by atoms with Gasteiger partial charge >= 0.3 is 0 Å². The molecule has 0 bridgehead atoms. The summed E-state index contributed by atoms with van der Waals surface area (Å²) in [4.78, 5) is 25.8. The number of aliphatic hydroxyl groups excluding tert-OH is 1. The van der Waals surface area contributed by atoms with Gasteiger partial charge in [0, 0.05) is 0 Å². The van der Waals surface area contributed by atoms with Crippen molar-refractivity contribution in [3.8, 4) is 0 Å². The molecule has 0 fully saturated rings. The molecule has 2 rings (SSSR count). The van der Waals surface area contributed by atoms with Gasteiger partial charge in [0.25, 0.3) is 5.56 Å². The number of fused-ring (bicyclic) bond motifs is 1. The number of rotatable bonds is 2. The SMILES string of the molecule is Nc1nc2c(ncn2OCO)c(=O)[nH]1. The third kappa shape index (κ3) is 1.17. The van der Waals surface area contributed by atoms with E-state index in [1.165, 1.54) is 6.33 Å². The topological polar surface area (TPSA) is 119 Å². The average molecular weight is 197 g/mol. The smallest absolute Gasteiger partial charge is 0.280 e. The van der Waals surface area contributed by atoms with Gasteiger partial charge in [0.15, 0.2) is 5.52 Å². The van der Waals surface area contributed by atoms with Gasteiger partial charge in [-0.3, -0.25) is 9.78 Å². The molecule has 0 aliphatic heterocycles. The Labute approximate surface area is 76.9 Å². The van der Waals surface area contributed by atoms with Crippen molar-refractivity contribution < 1.29 is 9.94 Å². The van der Waals surface area contributed by atoms with Crippen molar-refractivity contribution in [1.82, 2.24) is 19.7 Å². The third-order valence-corrected chi connectivity index (χ3v) is 1.59. The van der Waals surface area contributed by atoms with Crippen LogP contribution in [0.15, 0.2) is 11.1 Å². The monoisotopic (exact) mass is 197 g/mol. The molecular weight excluding hydrogens is 190 g/mol. The van der Waals surface area contributed by atoms with E-state index >= 15 is 0 Å². The van der Waals surface area contributed by atoms with E-state index < -0.39 is 12.4 Å². The fraction of sp³-hybridized carbons (Fsp3) is 0.167. The first-order valence-corrected chi connectivity index (χ1v) is 3.69. The summed E-state index contributed by atoms with van der Waals surface area (Å²) in [6.07, 6.45) is 1.22. The first-order valence-electron chi connectivity index (χ1n) is 3.69. The summed E-state index contributed by atoms with van der Waals surface area (Å²) in [6, 6.07) is 0. The number of imidazole rings is 1. The van der Waals surface area contributed by atoms with Crippen molar-refractivity contribution >= 4 is 17.1 Å². The molecule has 4 N–H and O–H groups in total. The first-order chi connectivity index (χ1) is 6.72. The maximum Gasteiger partial charge on any atom is 0.280 e. The first kappa shape index (κ1) is 8.51. The van der Waals surface area contributed by atoms with Gasteiger partial charge in [-0.25, -0.2) is 4.98 Å². The normalized spacial score (nSPS) is 10.6. The third-order valence-electron chi connectivity index (χ3n) is 1.59. The summed E-state index contributed by atoms with van der Waals surface area (Å²) in [5.74, 6) is -0.0363. The molecule has 0 radical (unpaired) electrons. The Morgan fingerprint density at radius 3 is 3.21 bits per heavy atom. The molecule has 14 heavy (non-hydrogen) atoms. The van der Waals surface area contributed by atoms with Crippen molar-refractivity contribution in [2.24, 2.45) is 0 Å². The Morgan fingerprint density at radius 1 is 1.71 bits per heavy atom. The predicted molar refractivity (Wildman–Crippen MR) is 46.2 cm³/mol. The number of nitrogens with one attached hydrogen (secondary N) is 1. The standard InChI is InChI=1S/C6H7N5O3/c7-6-9-4-3(5(13)10-6)8-1-11(4)14-2-12/h1,12H,2H2,(H3,7,9,10,13). The molecule has 0 aliphatic rings. The minimum Gasteiger partial charge on any atom is -0.382 e. The van der Waals surface area contributed by atoms with E-state index in [0.29, 0.717) is 0 Å². The Balaban J connectivity index is 2.72. The van der Waals surface area contributed by atoms with Crippen LogP contribution in [0, 0.1) is 0 Å². The van der Waals surface area contributed by atoms with E-state index in [4.69, 9.17) is 15.7 Å². The highest BCUT2D eigenvalue weighted by molar-refractivity contribution is 5.69. The lowest BCUT2D eigenvalue weighted by Crippen LogP contribution is -2.15. The largest absolute Gasteiger partial charge is 0.382 e. The molecule has 0 aromatic carbocycles. The van der Waals surface area contributed by atoms with E-state index in [0.717, 1.165) is 4.73 Å². The number of nitrogen functional groups attached to an aromatic ring is 1. The zero-order valence-corrected chi connectivity index (χ0v) is 6.97. The Bertz CT molecular complexity index is 516. The zero-order valence-electron chi connectivity index (χ0n) is 6.97. The number of H-pyrrole nitrogens is 1. The van der Waals surface area contributed by atoms with Crippen LogP contribution < -0.4 is 16.1 Å². The summed E-state index contributed by atoms with van der Waals surface area (Å²) in [5, 5.41) is 8.52. The highest BCUT2D eigenvalue weighted by Crippen LogP contribution is 2.03. The number of anilines is 1. The predicted octanol–water partition coefficient (Wildman–Crippen LogP) is -1.92. The lowest BCUT2D eigenvalue weighted by molar-refractivity contribution is -0.00709. The molecule has 8 heteroatoms. The maximum absolute atomic E-state index is 11.2. The van der Waals surface area contributed by atoms with Crippen LogP contribution >= 0.6 is 0 Å². The van der Waals surface area contributed by atoms with Crippen molar-refractivity contribution in [3.05, 3.63) is 16.7 Å². The highest BCUT2D eigenvalue weighted by Gasteiger charge is 2.09. The van der Waals surface area contributed by atoms with Crippen LogP contribution in [0.2, 0.25) is 0 Å². The number of aromatic nitrogens is 4. The van der Waals surface area contributed by atoms with Crippen LogP contribution in [0.1, 0.15) is 0 Å². The number of nitrogens with two attached hydrogens (primary N) is 1. The number of aromatic amines is 1. The highest BCUT2D eigenvalue weighted by atomic mass is 16.7. The molecule has 0 atom stereocenters. The van der Waals surface area contributed by atoms with Gasteiger partial charge in [0.05, 0.1) is 0 Å². The molecule has 0 saturated heterocycles. The van der Waals surface area contributed by atoms with Gasteiger partial charge in [-0.15, -0.1) is 4.73 Å². The van der Waals surface area contributed by atoms with Crippen LogP contribution in [0.5, 0.6) is 0 Å². The van der Waals surface area contributed by atoms with Crippen LogP contribution in [0.3, 0.4) is 0 Å². The molecule has 0 spiro atoms. The van der Waals surface area contributed by atoms with E-state index in [1.807, 2.05) is 0 Å². The molecule has 2 aromatic heterocycles. The van der Waals surface area contributed by atoms with E-state index in [2.05, 4.69) is 15.0 Å². The molecule has 74 valence electrons. The Hall–Kier alpha value is -2.09. The van der Waals surface area contributed by atoms with Crippen molar-refractivity contribution in [2.75, 3.05) is 12.5 Å². The van der Waals surface area contributed by atoms with Gasteiger partial charge in [-0.1, -0.05) is 0 Å². The van der Waals surface area contributed by atoms with Gasteiger partial charge in [0.2, 0.25) is 18.4 Å². The van der Waals surface area contributed by atoms with Crippen molar-refractivity contribution in [3.63, 3.8) is 0 Å². The quantitative estimate of drug-likeness (QED) is 0.483. The summed E-state index contributed by atoms with van der Waals surface area (Å²) in [6.45, 7) is -0.542. The second-order valence-electron chi connectivity index (χ2n) is 2.45. The zero-order chi connectivity index (χ0) is 10.1. The average Bonchev–Trinajstić information content (AvgIpc) is 2.49. The molecule has 2 heterocycles. The summed E-state index contributed by atoms with van der Waals surface area (Å²) in [7, 11) is 0. The van der Waals surface area contributed by atoms with Crippen LogP contribution in [-0.4, -0.2) is 31.6 Å². The maximum atomic E-state index is 11.2. The summed E-state index contributed by atoms with van der Waals surface area (Å²) in [5.41, 5.74) is 5.14. The summed E-state index contributed by atoms with van der Waals surface area (Å²) < 4.78 is 1.07. The van der Waals surface area contributed by atoms with Crippen LogP contribution in [0.4, 0.5) is 5.95 Å². The molecule has 2 aromatic rings. The second-order valence-corrected chi connectivity index (χ2v) is 2.45. The Morgan fingerprint density at radius 2 is 2.50 bits per heavy atom. The molecule has 0 saturated carbocycles. The minimum absolute atomic E-state index is 0.0363. The van der Waals surface area contributed by atoms with Crippen molar-refractivity contribution in [2.45, 2.75) is 0 Å². The minimum atomic E-state index is -0.542. The number of hydrogen-bond donors (Lipinski definition) is 3. The van der Waals surface area contributed by atoms with Crippen LogP contribution in [-0.2, 0) is 0 Å². The number of nitrogens with zero attached hydrogens (tertiary/aromatic N) is 3. The van der Waals surface area contributed by atoms with Crippen LogP contribution in [0.25, 0.3) is 11.2 Å². The second kappa shape index (κ2) is 3.00. The van der Waals surface area contributed by atoms with Gasteiger partial charge in [0.1, 0.15) is 6.33 Å². The van der Waals surface area contributed by atoms with Gasteiger partial charge in [-0.05, 0) is 0 Å². The van der Waals surface area contributed by atoms with E-state index in [1.54, 1.807) is 0 Å². The number of hydrogen-bond acceptors (Lipinski definition) is 6.